The van der Waals surface area contributed by atoms with Gasteiger partial charge in [-0.25, -0.2) is 9.93 Å². The van der Waals surface area contributed by atoms with E-state index in [9.17, 15) is 14.0 Å². The number of amides is 2. The maximum Gasteiger partial charge on any atom is 0.275 e. The van der Waals surface area contributed by atoms with Gasteiger partial charge < -0.3 is 10.2 Å². The lowest BCUT2D eigenvalue weighted by Crippen LogP contribution is -2.52. The molecule has 5 rings (SSSR count). The SMILES string of the molecule is CC(C)[C@H](c1ccc(C(=O)NCC2=NNNN2)cc1)N1C(=O)C(c2ccc(F)cc2)=NC12CCC(C(C)(C)C)CC2. The number of carbonyl (C=O) groups is 2. The molecule has 0 aromatic heterocycles. The molecule has 2 amide bonds. The van der Waals surface area contributed by atoms with Gasteiger partial charge in [0, 0.05) is 11.1 Å². The molecular weight excluding hydrogens is 521 g/mol. The molecule has 41 heavy (non-hydrogen) atoms. The molecule has 1 saturated carbocycles. The van der Waals surface area contributed by atoms with E-state index in [1.165, 1.54) is 12.1 Å². The number of amidine groups is 1. The summed E-state index contributed by atoms with van der Waals surface area (Å²) in [5.74, 6) is 0.518. The first-order chi connectivity index (χ1) is 19.5. The molecule has 3 aliphatic rings. The van der Waals surface area contributed by atoms with Crippen molar-refractivity contribution in [3.63, 3.8) is 0 Å². The van der Waals surface area contributed by atoms with Crippen molar-refractivity contribution in [1.29, 1.82) is 0 Å². The summed E-state index contributed by atoms with van der Waals surface area (Å²) >= 11 is 0. The first-order valence-electron chi connectivity index (χ1n) is 14.4. The van der Waals surface area contributed by atoms with E-state index in [-0.39, 0.29) is 41.6 Å². The molecule has 0 unspecified atom stereocenters. The topological polar surface area (TPSA) is 110 Å². The molecule has 2 aromatic carbocycles. The largest absolute Gasteiger partial charge is 0.345 e. The summed E-state index contributed by atoms with van der Waals surface area (Å²) in [5.41, 5.74) is 10.0. The predicted octanol–water partition coefficient (Wildman–Crippen LogP) is 4.44. The van der Waals surface area contributed by atoms with Crippen molar-refractivity contribution in [2.75, 3.05) is 6.54 Å². The average molecular weight is 562 g/mol. The summed E-state index contributed by atoms with van der Waals surface area (Å²) in [7, 11) is 0. The van der Waals surface area contributed by atoms with Crippen molar-refractivity contribution < 1.29 is 14.0 Å². The molecule has 1 fully saturated rings. The standard InChI is InChI=1S/C31H40FN7O2/c1-19(2)27(21-6-8-22(9-7-21)28(40)33-18-25-35-37-38-36-25)39-29(41)26(20-10-12-24(32)13-11-20)34-31(39)16-14-23(15-17-31)30(3,4)5/h6-13,19,23,27,37-38H,14-18H2,1-5H3,(H,33,40)(H,35,36)/t23?,27-,31?/m1/s1. The molecule has 10 heteroatoms. The summed E-state index contributed by atoms with van der Waals surface area (Å²) in [5, 5.41) is 6.81. The number of rotatable bonds is 7. The van der Waals surface area contributed by atoms with Gasteiger partial charge in [0.15, 0.2) is 5.84 Å². The number of nitrogens with one attached hydrogen (secondary N) is 4. The maximum atomic E-state index is 14.3. The van der Waals surface area contributed by atoms with E-state index in [0.29, 0.717) is 28.6 Å². The monoisotopic (exact) mass is 561 g/mol. The Hall–Kier alpha value is -3.79. The Kier molecular flexibility index (Phi) is 7.87. The minimum Gasteiger partial charge on any atom is -0.345 e. The number of hydrogen-bond acceptors (Lipinski definition) is 7. The van der Waals surface area contributed by atoms with Crippen molar-refractivity contribution >= 4 is 23.4 Å². The molecule has 2 aromatic rings. The van der Waals surface area contributed by atoms with E-state index in [1.807, 2.05) is 17.0 Å². The summed E-state index contributed by atoms with van der Waals surface area (Å²) in [4.78, 5) is 34.2. The molecule has 2 aliphatic heterocycles. The fourth-order valence-corrected chi connectivity index (χ4v) is 6.33. The normalized spacial score (nSPS) is 23.2. The minimum atomic E-state index is -0.662. The number of halogens is 1. The smallest absolute Gasteiger partial charge is 0.275 e. The van der Waals surface area contributed by atoms with Gasteiger partial charge in [-0.3, -0.25) is 20.0 Å². The highest BCUT2D eigenvalue weighted by Gasteiger charge is 2.53. The third kappa shape index (κ3) is 5.84. The molecule has 0 saturated heterocycles. The zero-order chi connectivity index (χ0) is 29.4. The lowest BCUT2D eigenvalue weighted by atomic mass is 9.69. The van der Waals surface area contributed by atoms with Gasteiger partial charge in [0.2, 0.25) is 0 Å². The molecule has 9 nitrogen and oxygen atoms in total. The molecule has 1 atom stereocenters. The van der Waals surface area contributed by atoms with Crippen LogP contribution >= 0.6 is 0 Å². The Balaban J connectivity index is 1.45. The summed E-state index contributed by atoms with van der Waals surface area (Å²) < 4.78 is 13.7. The molecule has 0 radical (unpaired) electrons. The summed E-state index contributed by atoms with van der Waals surface area (Å²) in [6, 6.07) is 13.3. The third-order valence-corrected chi connectivity index (χ3v) is 8.61. The van der Waals surface area contributed by atoms with Gasteiger partial charge in [0.25, 0.3) is 11.8 Å². The minimum absolute atomic E-state index is 0.0880. The van der Waals surface area contributed by atoms with Crippen LogP contribution in [0.1, 0.15) is 87.8 Å². The fraction of sp³-hybridized carbons (Fsp3) is 0.484. The number of aliphatic imine (C=N–C) groups is 1. The number of nitrogens with zero attached hydrogens (tertiary/aromatic N) is 3. The van der Waals surface area contributed by atoms with Gasteiger partial charge >= 0.3 is 0 Å². The highest BCUT2D eigenvalue weighted by molar-refractivity contribution is 6.46. The maximum absolute atomic E-state index is 14.3. The lowest BCUT2D eigenvalue weighted by Gasteiger charge is -2.48. The number of benzene rings is 2. The van der Waals surface area contributed by atoms with E-state index in [1.54, 1.807) is 24.3 Å². The van der Waals surface area contributed by atoms with Crippen LogP contribution in [0.2, 0.25) is 0 Å². The Labute approximate surface area is 241 Å². The number of carbonyl (C=O) groups excluding carboxylic acids is 2. The quantitative estimate of drug-likeness (QED) is 0.400. The number of hydrazine groups is 2. The van der Waals surface area contributed by atoms with Crippen molar-refractivity contribution in [3.8, 4) is 0 Å². The van der Waals surface area contributed by atoms with Crippen molar-refractivity contribution in [3.05, 3.63) is 71.0 Å². The van der Waals surface area contributed by atoms with Crippen LogP contribution in [0.3, 0.4) is 0 Å². The molecule has 4 N–H and O–H groups in total. The molecule has 218 valence electrons. The summed E-state index contributed by atoms with van der Waals surface area (Å²) in [6.07, 6.45) is 3.50. The molecule has 1 spiro atoms. The van der Waals surface area contributed by atoms with Crippen molar-refractivity contribution in [1.82, 2.24) is 26.7 Å². The van der Waals surface area contributed by atoms with Gasteiger partial charge in [-0.05, 0) is 84.9 Å². The molecule has 0 bridgehead atoms. The second-order valence-corrected chi connectivity index (χ2v) is 12.7. The Morgan fingerprint density at radius 3 is 2.32 bits per heavy atom. The first kappa shape index (κ1) is 28.7. The first-order valence-corrected chi connectivity index (χ1v) is 14.4. The fourth-order valence-electron chi connectivity index (χ4n) is 6.33. The zero-order valence-electron chi connectivity index (χ0n) is 24.4. The van der Waals surface area contributed by atoms with Crippen LogP contribution in [0.25, 0.3) is 0 Å². The predicted molar refractivity (Wildman–Crippen MR) is 157 cm³/mol. The van der Waals surface area contributed by atoms with E-state index in [2.05, 4.69) is 61.5 Å². The van der Waals surface area contributed by atoms with Crippen molar-refractivity contribution in [2.45, 2.75) is 72.0 Å². The van der Waals surface area contributed by atoms with Gasteiger partial charge in [-0.1, -0.05) is 46.8 Å². The van der Waals surface area contributed by atoms with Crippen LogP contribution in [-0.4, -0.2) is 40.5 Å². The van der Waals surface area contributed by atoms with Crippen LogP contribution in [0.5, 0.6) is 0 Å². The lowest BCUT2D eigenvalue weighted by molar-refractivity contribution is -0.135. The Morgan fingerprint density at radius 2 is 1.76 bits per heavy atom. The second kappa shape index (κ2) is 11.2. The van der Waals surface area contributed by atoms with Crippen LogP contribution in [-0.2, 0) is 4.79 Å². The van der Waals surface area contributed by atoms with Crippen LogP contribution < -0.4 is 21.8 Å². The van der Waals surface area contributed by atoms with E-state index in [4.69, 9.17) is 4.99 Å². The van der Waals surface area contributed by atoms with Crippen LogP contribution in [0, 0.1) is 23.1 Å². The molecule has 2 heterocycles. The highest BCUT2D eigenvalue weighted by atomic mass is 19.1. The number of hydrazone groups is 1. The van der Waals surface area contributed by atoms with Crippen LogP contribution in [0.15, 0.2) is 58.6 Å². The molecular formula is C31H40FN7O2. The Morgan fingerprint density at radius 1 is 1.10 bits per heavy atom. The van der Waals surface area contributed by atoms with Crippen LogP contribution in [0.4, 0.5) is 4.39 Å². The van der Waals surface area contributed by atoms with Gasteiger partial charge in [-0.2, -0.15) is 0 Å². The van der Waals surface area contributed by atoms with E-state index in [0.717, 1.165) is 31.2 Å². The second-order valence-electron chi connectivity index (χ2n) is 12.7. The van der Waals surface area contributed by atoms with E-state index >= 15 is 0 Å². The zero-order valence-corrected chi connectivity index (χ0v) is 24.4. The summed E-state index contributed by atoms with van der Waals surface area (Å²) in [6.45, 7) is 11.3. The highest BCUT2D eigenvalue weighted by Crippen LogP contribution is 2.50. The Bertz CT molecular complexity index is 1340. The number of hydrogen-bond donors (Lipinski definition) is 4. The van der Waals surface area contributed by atoms with Crippen molar-refractivity contribution in [2.24, 2.45) is 27.3 Å². The van der Waals surface area contributed by atoms with Gasteiger partial charge in [0.1, 0.15) is 17.2 Å². The van der Waals surface area contributed by atoms with Gasteiger partial charge in [0.05, 0.1) is 12.6 Å². The van der Waals surface area contributed by atoms with E-state index < -0.39 is 5.66 Å². The molecule has 1 aliphatic carbocycles. The average Bonchev–Trinajstić information content (AvgIpc) is 3.55. The van der Waals surface area contributed by atoms with Gasteiger partial charge in [-0.15, -0.1) is 10.6 Å². The third-order valence-electron chi connectivity index (χ3n) is 8.61.